The second-order valence-electron chi connectivity index (χ2n) is 5.32. The van der Waals surface area contributed by atoms with Crippen LogP contribution >= 0.6 is 0 Å². The first-order valence-electron chi connectivity index (χ1n) is 7.33. The molecule has 2 aromatic heterocycles. The smallest absolute Gasteiger partial charge is 0.327 e. The van der Waals surface area contributed by atoms with Crippen LogP contribution in [0.25, 0.3) is 10.9 Å². The molecule has 1 aromatic carbocycles. The van der Waals surface area contributed by atoms with E-state index in [0.717, 1.165) is 16.6 Å². The van der Waals surface area contributed by atoms with E-state index in [-0.39, 0.29) is 12.5 Å². The molecule has 0 bridgehead atoms. The van der Waals surface area contributed by atoms with Crippen molar-refractivity contribution in [2.45, 2.75) is 13.5 Å². The van der Waals surface area contributed by atoms with Crippen molar-refractivity contribution in [1.29, 1.82) is 0 Å². The Bertz CT molecular complexity index is 917. The molecule has 1 amide bonds. The minimum atomic E-state index is -0.409. The Labute approximate surface area is 138 Å². The molecule has 7 nitrogen and oxygen atoms in total. The van der Waals surface area contributed by atoms with Crippen molar-refractivity contribution in [2.75, 3.05) is 12.4 Å². The van der Waals surface area contributed by atoms with Crippen molar-refractivity contribution in [3.05, 3.63) is 54.0 Å². The number of aromatic nitrogens is 3. The first-order chi connectivity index (χ1) is 11.5. The number of benzene rings is 1. The molecule has 0 radical (unpaired) electrons. The van der Waals surface area contributed by atoms with Crippen molar-refractivity contribution < 1.29 is 14.3 Å². The van der Waals surface area contributed by atoms with Gasteiger partial charge in [-0.2, -0.15) is 5.10 Å². The number of amides is 1. The number of rotatable bonds is 4. The van der Waals surface area contributed by atoms with E-state index in [1.54, 1.807) is 18.3 Å². The molecule has 3 rings (SSSR count). The molecule has 2 heterocycles. The fourth-order valence-corrected chi connectivity index (χ4v) is 2.28. The second kappa shape index (κ2) is 6.49. The maximum Gasteiger partial charge on any atom is 0.327 e. The minimum Gasteiger partial charge on any atom is -0.468 e. The van der Waals surface area contributed by atoms with Gasteiger partial charge in [-0.15, -0.1) is 0 Å². The second-order valence-corrected chi connectivity index (χ2v) is 5.32. The van der Waals surface area contributed by atoms with E-state index in [1.165, 1.54) is 18.0 Å². The first-order valence-corrected chi connectivity index (χ1v) is 7.33. The number of pyridine rings is 1. The highest BCUT2D eigenvalue weighted by Crippen LogP contribution is 2.16. The van der Waals surface area contributed by atoms with Crippen molar-refractivity contribution in [2.24, 2.45) is 0 Å². The van der Waals surface area contributed by atoms with Gasteiger partial charge in [-0.3, -0.25) is 19.3 Å². The number of ether oxygens (including phenoxy) is 1. The van der Waals surface area contributed by atoms with E-state index in [4.69, 9.17) is 0 Å². The van der Waals surface area contributed by atoms with E-state index in [9.17, 15) is 9.59 Å². The Hall–Kier alpha value is -3.22. The maximum atomic E-state index is 12.4. The average Bonchev–Trinajstić information content (AvgIpc) is 3.00. The number of nitrogens with zero attached hydrogens (tertiary/aromatic N) is 3. The third kappa shape index (κ3) is 3.40. The number of aryl methyl sites for hydroxylation is 1. The summed E-state index contributed by atoms with van der Waals surface area (Å²) in [7, 11) is 1.31. The van der Waals surface area contributed by atoms with Crippen LogP contribution in [0.1, 0.15) is 16.1 Å². The third-order valence-corrected chi connectivity index (χ3v) is 3.50. The van der Waals surface area contributed by atoms with Crippen LogP contribution < -0.4 is 5.32 Å². The predicted octanol–water partition coefficient (Wildman–Crippen LogP) is 2.17. The zero-order valence-corrected chi connectivity index (χ0v) is 13.3. The highest BCUT2D eigenvalue weighted by molar-refractivity contribution is 6.06. The van der Waals surface area contributed by atoms with Gasteiger partial charge in [0.1, 0.15) is 6.54 Å². The van der Waals surface area contributed by atoms with Gasteiger partial charge in [0.2, 0.25) is 0 Å². The summed E-state index contributed by atoms with van der Waals surface area (Å²) in [6.45, 7) is 1.92. The molecule has 0 aliphatic heterocycles. The van der Waals surface area contributed by atoms with Gasteiger partial charge in [-0.05, 0) is 31.2 Å². The lowest BCUT2D eigenvalue weighted by Gasteiger charge is -2.05. The Balaban J connectivity index is 1.75. The Morgan fingerprint density at radius 1 is 1.25 bits per heavy atom. The van der Waals surface area contributed by atoms with Crippen LogP contribution in [0.5, 0.6) is 0 Å². The molecule has 24 heavy (non-hydrogen) atoms. The number of carbonyl (C=O) groups excluding carboxylic acids is 2. The van der Waals surface area contributed by atoms with Crippen molar-refractivity contribution in [1.82, 2.24) is 14.8 Å². The lowest BCUT2D eigenvalue weighted by molar-refractivity contribution is -0.141. The lowest BCUT2D eigenvalue weighted by atomic mass is 10.1. The van der Waals surface area contributed by atoms with Gasteiger partial charge < -0.3 is 10.1 Å². The highest BCUT2D eigenvalue weighted by Gasteiger charge is 2.10. The molecule has 0 saturated heterocycles. The van der Waals surface area contributed by atoms with Crippen LogP contribution in [0, 0.1) is 6.92 Å². The summed E-state index contributed by atoms with van der Waals surface area (Å²) in [6.07, 6.45) is 3.05. The molecule has 122 valence electrons. The van der Waals surface area contributed by atoms with Gasteiger partial charge in [-0.1, -0.05) is 6.07 Å². The Morgan fingerprint density at radius 2 is 2.08 bits per heavy atom. The van der Waals surface area contributed by atoms with E-state index in [2.05, 4.69) is 20.1 Å². The van der Waals surface area contributed by atoms with Crippen LogP contribution in [-0.2, 0) is 16.1 Å². The number of anilines is 1. The molecule has 0 unspecified atom stereocenters. The summed E-state index contributed by atoms with van der Waals surface area (Å²) in [5.41, 5.74) is 2.80. The van der Waals surface area contributed by atoms with Gasteiger partial charge in [0.15, 0.2) is 0 Å². The lowest BCUT2D eigenvalue weighted by Crippen LogP contribution is -2.12. The van der Waals surface area contributed by atoms with Crippen molar-refractivity contribution in [3.8, 4) is 0 Å². The molecule has 0 aliphatic carbocycles. The van der Waals surface area contributed by atoms with E-state index < -0.39 is 5.97 Å². The Morgan fingerprint density at radius 3 is 2.88 bits per heavy atom. The predicted molar refractivity (Wildman–Crippen MR) is 88.7 cm³/mol. The van der Waals surface area contributed by atoms with Crippen molar-refractivity contribution in [3.63, 3.8) is 0 Å². The fraction of sp³-hybridized carbons (Fsp3) is 0.176. The van der Waals surface area contributed by atoms with Crippen LogP contribution in [-0.4, -0.2) is 33.8 Å². The van der Waals surface area contributed by atoms with E-state index in [1.807, 2.05) is 25.1 Å². The van der Waals surface area contributed by atoms with Gasteiger partial charge in [-0.25, -0.2) is 0 Å². The quantitative estimate of drug-likeness (QED) is 0.743. The summed E-state index contributed by atoms with van der Waals surface area (Å²) in [4.78, 5) is 28.0. The maximum absolute atomic E-state index is 12.4. The Kier molecular flexibility index (Phi) is 4.24. The summed E-state index contributed by atoms with van der Waals surface area (Å²) in [5, 5.41) is 7.65. The molecule has 1 N–H and O–H groups in total. The number of hydrogen-bond acceptors (Lipinski definition) is 5. The summed E-state index contributed by atoms with van der Waals surface area (Å²) < 4.78 is 5.97. The number of carbonyl (C=O) groups is 2. The van der Waals surface area contributed by atoms with Crippen LogP contribution in [0.4, 0.5) is 5.69 Å². The summed E-state index contributed by atoms with van der Waals surface area (Å²) in [5.74, 6) is -0.664. The van der Waals surface area contributed by atoms with Crippen LogP contribution in [0.15, 0.2) is 42.7 Å². The molecule has 0 saturated carbocycles. The molecule has 3 aromatic rings. The van der Waals surface area contributed by atoms with Crippen LogP contribution in [0.3, 0.4) is 0 Å². The van der Waals surface area contributed by atoms with Gasteiger partial charge in [0.25, 0.3) is 5.91 Å². The molecule has 7 heteroatoms. The number of fused-ring (bicyclic) bond motifs is 1. The van der Waals surface area contributed by atoms with E-state index in [0.29, 0.717) is 11.3 Å². The minimum absolute atomic E-state index is 0.00658. The number of hydrogen-bond donors (Lipinski definition) is 1. The first kappa shape index (κ1) is 15.7. The zero-order chi connectivity index (χ0) is 17.1. The van der Waals surface area contributed by atoms with E-state index >= 15 is 0 Å². The summed E-state index contributed by atoms with van der Waals surface area (Å²) in [6, 6.07) is 9.17. The number of methoxy groups -OCH3 is 1. The average molecular weight is 324 g/mol. The molecule has 0 atom stereocenters. The molecule has 0 aliphatic rings. The largest absolute Gasteiger partial charge is 0.468 e. The third-order valence-electron chi connectivity index (χ3n) is 3.50. The van der Waals surface area contributed by atoms with Crippen molar-refractivity contribution >= 4 is 28.5 Å². The SMILES string of the molecule is COC(=O)Cn1cc(NC(=O)c2ccc3nc(C)ccc3c2)cn1. The van der Waals surface area contributed by atoms with Gasteiger partial charge >= 0.3 is 5.97 Å². The molecular formula is C17H16N4O3. The zero-order valence-electron chi connectivity index (χ0n) is 13.3. The van der Waals surface area contributed by atoms with Crippen LogP contribution in [0.2, 0.25) is 0 Å². The number of esters is 1. The normalized spacial score (nSPS) is 10.6. The fourth-order valence-electron chi connectivity index (χ4n) is 2.28. The topological polar surface area (TPSA) is 86.1 Å². The van der Waals surface area contributed by atoms with Gasteiger partial charge in [0.05, 0.1) is 24.5 Å². The standard InChI is InChI=1S/C17H16N4O3/c1-11-3-4-12-7-13(5-6-15(12)19-11)17(23)20-14-8-18-21(9-14)10-16(22)24-2/h3-9H,10H2,1-2H3,(H,20,23). The summed E-state index contributed by atoms with van der Waals surface area (Å²) >= 11 is 0. The monoisotopic (exact) mass is 324 g/mol. The molecule has 0 fully saturated rings. The molecule has 0 spiro atoms. The number of nitrogens with one attached hydrogen (secondary N) is 1. The molecular weight excluding hydrogens is 308 g/mol. The highest BCUT2D eigenvalue weighted by atomic mass is 16.5. The van der Waals surface area contributed by atoms with Gasteiger partial charge in [0, 0.05) is 22.8 Å².